The minimum absolute atomic E-state index is 0.116. The first-order chi connectivity index (χ1) is 9.13. The lowest BCUT2D eigenvalue weighted by Gasteiger charge is -2.07. The molecule has 7 heteroatoms. The number of aliphatic hydroxyl groups excluding tert-OH is 1. The molecule has 104 valence electrons. The van der Waals surface area contributed by atoms with Gasteiger partial charge in [0.1, 0.15) is 11.3 Å². The third-order valence-electron chi connectivity index (χ3n) is 3.01. The molecule has 19 heavy (non-hydrogen) atoms. The number of rotatable bonds is 6. The average Bonchev–Trinajstić information content (AvgIpc) is 2.65. The molecule has 0 unspecified atom stereocenters. The van der Waals surface area contributed by atoms with Crippen molar-refractivity contribution in [2.45, 2.75) is 39.2 Å². The molecule has 0 aliphatic rings. The van der Waals surface area contributed by atoms with Gasteiger partial charge in [-0.3, -0.25) is 0 Å². The van der Waals surface area contributed by atoms with Gasteiger partial charge in [0.15, 0.2) is 10.8 Å². The van der Waals surface area contributed by atoms with Gasteiger partial charge in [-0.15, -0.1) is 0 Å². The molecule has 2 rings (SSSR count). The molecule has 5 nitrogen and oxygen atoms in total. The number of nitrogens with zero attached hydrogens (tertiary/aromatic N) is 4. The van der Waals surface area contributed by atoms with Crippen LogP contribution in [-0.2, 0) is 6.54 Å². The maximum atomic E-state index is 8.74. The van der Waals surface area contributed by atoms with Crippen molar-refractivity contribution in [2.24, 2.45) is 0 Å². The van der Waals surface area contributed by atoms with Crippen LogP contribution in [0.3, 0.4) is 0 Å². The molecule has 0 aromatic carbocycles. The Balaban J connectivity index is 2.16. The van der Waals surface area contributed by atoms with Gasteiger partial charge in [-0.2, -0.15) is 4.98 Å². The van der Waals surface area contributed by atoms with E-state index in [9.17, 15) is 0 Å². The van der Waals surface area contributed by atoms with Gasteiger partial charge in [0.25, 0.3) is 0 Å². The van der Waals surface area contributed by atoms with Crippen LogP contribution >= 0.6 is 23.2 Å². The number of halogens is 2. The molecule has 0 fully saturated rings. The number of hydrogen-bond donors (Lipinski definition) is 1. The van der Waals surface area contributed by atoms with Crippen LogP contribution in [0.2, 0.25) is 10.4 Å². The number of aryl methyl sites for hydroxylation is 2. The van der Waals surface area contributed by atoms with E-state index in [2.05, 4.69) is 15.0 Å². The molecule has 0 atom stereocenters. The van der Waals surface area contributed by atoms with Crippen LogP contribution in [0.25, 0.3) is 11.2 Å². The second-order valence-corrected chi connectivity index (χ2v) is 5.10. The summed E-state index contributed by atoms with van der Waals surface area (Å²) in [5.74, 6) is 0.857. The molecule has 2 aromatic rings. The van der Waals surface area contributed by atoms with Crippen LogP contribution in [0.5, 0.6) is 0 Å². The maximum Gasteiger partial charge on any atom is 0.225 e. The number of aliphatic hydroxyl groups is 1. The lowest BCUT2D eigenvalue weighted by molar-refractivity contribution is 0.282. The second kappa shape index (κ2) is 6.50. The van der Waals surface area contributed by atoms with Crippen molar-refractivity contribution in [3.05, 3.63) is 16.3 Å². The fourth-order valence-electron chi connectivity index (χ4n) is 2.09. The van der Waals surface area contributed by atoms with E-state index in [0.717, 1.165) is 43.6 Å². The summed E-state index contributed by atoms with van der Waals surface area (Å²) < 4.78 is 2.02. The van der Waals surface area contributed by atoms with Crippen molar-refractivity contribution in [1.29, 1.82) is 0 Å². The summed E-state index contributed by atoms with van der Waals surface area (Å²) in [5, 5.41) is 9.19. The number of imidazole rings is 1. The van der Waals surface area contributed by atoms with Gasteiger partial charge in [-0.1, -0.05) is 24.4 Å². The Morgan fingerprint density at radius 3 is 2.53 bits per heavy atom. The van der Waals surface area contributed by atoms with Crippen LogP contribution in [0.15, 0.2) is 0 Å². The third-order valence-corrected chi connectivity index (χ3v) is 3.45. The minimum Gasteiger partial charge on any atom is -0.396 e. The molecule has 0 bridgehead atoms. The zero-order chi connectivity index (χ0) is 13.8. The zero-order valence-electron chi connectivity index (χ0n) is 10.7. The number of unbranched alkanes of at least 4 members (excludes halogenated alkanes) is 3. The Morgan fingerprint density at radius 2 is 1.79 bits per heavy atom. The predicted molar refractivity (Wildman–Crippen MR) is 75.6 cm³/mol. The third kappa shape index (κ3) is 3.35. The van der Waals surface area contributed by atoms with Gasteiger partial charge < -0.3 is 9.67 Å². The first-order valence-corrected chi connectivity index (χ1v) is 7.06. The van der Waals surface area contributed by atoms with E-state index in [-0.39, 0.29) is 11.9 Å². The monoisotopic (exact) mass is 302 g/mol. The standard InChI is InChI=1S/C12H16Cl2N4O/c1-8-15-11-9(10(13)16-12(14)17-11)18(8)6-4-2-3-5-7-19/h19H,2-7H2,1H3. The molecule has 0 amide bonds. The van der Waals surface area contributed by atoms with E-state index >= 15 is 0 Å². The topological polar surface area (TPSA) is 63.8 Å². The Hall–Kier alpha value is -0.910. The number of fused-ring (bicyclic) bond motifs is 1. The van der Waals surface area contributed by atoms with Crippen molar-refractivity contribution >= 4 is 34.4 Å². The highest BCUT2D eigenvalue weighted by Gasteiger charge is 2.14. The fraction of sp³-hybridized carbons (Fsp3) is 0.583. The summed E-state index contributed by atoms with van der Waals surface area (Å²) in [5.41, 5.74) is 1.28. The van der Waals surface area contributed by atoms with Crippen molar-refractivity contribution in [1.82, 2.24) is 19.5 Å². The van der Waals surface area contributed by atoms with E-state index < -0.39 is 0 Å². The van der Waals surface area contributed by atoms with E-state index in [1.54, 1.807) is 0 Å². The van der Waals surface area contributed by atoms with Crippen molar-refractivity contribution in [3.8, 4) is 0 Å². The summed E-state index contributed by atoms with van der Waals surface area (Å²) >= 11 is 11.9. The number of aromatic nitrogens is 4. The van der Waals surface area contributed by atoms with E-state index in [1.807, 2.05) is 11.5 Å². The van der Waals surface area contributed by atoms with Crippen molar-refractivity contribution < 1.29 is 5.11 Å². The molecule has 0 spiro atoms. The summed E-state index contributed by atoms with van der Waals surface area (Å²) in [6, 6.07) is 0. The van der Waals surface area contributed by atoms with Gasteiger partial charge in [0.05, 0.1) is 0 Å². The Morgan fingerprint density at radius 1 is 1.05 bits per heavy atom. The zero-order valence-corrected chi connectivity index (χ0v) is 12.2. The first kappa shape index (κ1) is 14.5. The van der Waals surface area contributed by atoms with E-state index in [4.69, 9.17) is 28.3 Å². The van der Waals surface area contributed by atoms with Gasteiger partial charge in [0, 0.05) is 13.2 Å². The van der Waals surface area contributed by atoms with Crippen LogP contribution in [0, 0.1) is 6.92 Å². The lowest BCUT2D eigenvalue weighted by atomic mass is 10.2. The van der Waals surface area contributed by atoms with Gasteiger partial charge >= 0.3 is 0 Å². The molecule has 2 aromatic heterocycles. The van der Waals surface area contributed by atoms with Gasteiger partial charge in [-0.05, 0) is 31.4 Å². The molecule has 2 heterocycles. The Bertz CT molecular complexity index is 570. The molecule has 0 radical (unpaired) electrons. The summed E-state index contributed by atoms with van der Waals surface area (Å²) in [6.07, 6.45) is 3.94. The summed E-state index contributed by atoms with van der Waals surface area (Å²) in [6.45, 7) is 2.99. The Kier molecular flexibility index (Phi) is 4.96. The summed E-state index contributed by atoms with van der Waals surface area (Å²) in [7, 11) is 0. The van der Waals surface area contributed by atoms with Crippen molar-refractivity contribution in [2.75, 3.05) is 6.61 Å². The smallest absolute Gasteiger partial charge is 0.225 e. The Labute approximate surface area is 121 Å². The molecular weight excluding hydrogens is 287 g/mol. The summed E-state index contributed by atoms with van der Waals surface area (Å²) in [4.78, 5) is 12.4. The van der Waals surface area contributed by atoms with Gasteiger partial charge in [-0.25, -0.2) is 9.97 Å². The molecular formula is C12H16Cl2N4O. The van der Waals surface area contributed by atoms with E-state index in [0.29, 0.717) is 10.8 Å². The first-order valence-electron chi connectivity index (χ1n) is 6.30. The average molecular weight is 303 g/mol. The SMILES string of the molecule is Cc1nc2nc(Cl)nc(Cl)c2n1CCCCCCO. The molecule has 0 aliphatic heterocycles. The van der Waals surface area contributed by atoms with E-state index in [1.165, 1.54) is 0 Å². The van der Waals surface area contributed by atoms with Crippen LogP contribution in [-0.4, -0.2) is 31.2 Å². The maximum absolute atomic E-state index is 8.74. The minimum atomic E-state index is 0.116. The van der Waals surface area contributed by atoms with Crippen LogP contribution in [0.4, 0.5) is 0 Å². The normalized spacial score (nSPS) is 11.4. The second-order valence-electron chi connectivity index (χ2n) is 4.40. The molecule has 1 N–H and O–H groups in total. The highest BCUT2D eigenvalue weighted by atomic mass is 35.5. The molecule has 0 aliphatic carbocycles. The van der Waals surface area contributed by atoms with Crippen LogP contribution < -0.4 is 0 Å². The predicted octanol–water partition coefficient (Wildman–Crippen LogP) is 2.99. The fourth-order valence-corrected chi connectivity index (χ4v) is 2.56. The highest BCUT2D eigenvalue weighted by molar-refractivity contribution is 6.35. The van der Waals surface area contributed by atoms with Crippen LogP contribution in [0.1, 0.15) is 31.5 Å². The largest absolute Gasteiger partial charge is 0.396 e. The number of hydrogen-bond acceptors (Lipinski definition) is 4. The molecule has 0 saturated heterocycles. The lowest BCUT2D eigenvalue weighted by Crippen LogP contribution is -2.02. The van der Waals surface area contributed by atoms with Gasteiger partial charge in [0.2, 0.25) is 5.28 Å². The highest BCUT2D eigenvalue weighted by Crippen LogP contribution is 2.23. The van der Waals surface area contributed by atoms with Crippen molar-refractivity contribution in [3.63, 3.8) is 0 Å². The quantitative estimate of drug-likeness (QED) is 0.506. The molecule has 0 saturated carbocycles.